The normalized spacial score (nSPS) is 11.9. The number of hydrogen-bond acceptors (Lipinski definition) is 3. The molecule has 0 aromatic heterocycles. The molecule has 16 heavy (non-hydrogen) atoms. The number of carbonyl (C=O) groups excluding carboxylic acids is 1. The Hall–Kier alpha value is -1.88. The maximum absolute atomic E-state index is 11.5. The summed E-state index contributed by atoms with van der Waals surface area (Å²) in [5, 5.41) is 11.4. The number of aromatic carboxylic acids is 1. The van der Waals surface area contributed by atoms with Gasteiger partial charge in [-0.05, 0) is 18.2 Å². The second kappa shape index (κ2) is 5.27. The van der Waals surface area contributed by atoms with E-state index in [4.69, 9.17) is 10.8 Å². The maximum atomic E-state index is 11.5. The number of amides is 1. The molecule has 0 heterocycles. The van der Waals surface area contributed by atoms with E-state index in [1.165, 1.54) is 12.1 Å². The molecular weight excluding hydrogens is 208 g/mol. The van der Waals surface area contributed by atoms with Gasteiger partial charge in [0.25, 0.3) is 0 Å². The Kier molecular flexibility index (Phi) is 4.02. The van der Waals surface area contributed by atoms with Crippen molar-refractivity contribution in [2.75, 3.05) is 11.9 Å². The van der Waals surface area contributed by atoms with Crippen molar-refractivity contribution in [3.05, 3.63) is 29.8 Å². The first-order valence-electron chi connectivity index (χ1n) is 4.89. The number of carbonyl (C=O) groups is 2. The topological polar surface area (TPSA) is 92.4 Å². The third kappa shape index (κ3) is 3.06. The van der Waals surface area contributed by atoms with Crippen molar-refractivity contribution in [3.8, 4) is 0 Å². The fraction of sp³-hybridized carbons (Fsp3) is 0.273. The Morgan fingerprint density at radius 1 is 1.50 bits per heavy atom. The zero-order chi connectivity index (χ0) is 12.1. The molecule has 1 unspecified atom stereocenters. The third-order valence-electron chi connectivity index (χ3n) is 2.18. The number of nitrogens with one attached hydrogen (secondary N) is 1. The van der Waals surface area contributed by atoms with Crippen LogP contribution in [0.3, 0.4) is 0 Å². The van der Waals surface area contributed by atoms with E-state index in [0.717, 1.165) is 0 Å². The molecule has 5 heteroatoms. The highest BCUT2D eigenvalue weighted by Crippen LogP contribution is 2.11. The van der Waals surface area contributed by atoms with E-state index in [1.807, 2.05) is 0 Å². The molecule has 1 amide bonds. The van der Waals surface area contributed by atoms with Gasteiger partial charge in [0.15, 0.2) is 0 Å². The van der Waals surface area contributed by atoms with Crippen molar-refractivity contribution in [2.24, 2.45) is 11.7 Å². The van der Waals surface area contributed by atoms with E-state index < -0.39 is 5.97 Å². The first-order valence-corrected chi connectivity index (χ1v) is 4.89. The number of nitrogens with two attached hydrogens (primary N) is 1. The number of hydrogen-bond donors (Lipinski definition) is 3. The molecule has 5 nitrogen and oxygen atoms in total. The van der Waals surface area contributed by atoms with Gasteiger partial charge in [0, 0.05) is 18.2 Å². The Morgan fingerprint density at radius 3 is 2.75 bits per heavy atom. The quantitative estimate of drug-likeness (QED) is 0.706. The minimum Gasteiger partial charge on any atom is -0.478 e. The van der Waals surface area contributed by atoms with Gasteiger partial charge < -0.3 is 16.2 Å². The fourth-order valence-electron chi connectivity index (χ4n) is 1.10. The highest BCUT2D eigenvalue weighted by molar-refractivity contribution is 5.94. The number of rotatable bonds is 4. The molecule has 0 aliphatic rings. The predicted molar refractivity (Wildman–Crippen MR) is 60.2 cm³/mol. The molecule has 1 aromatic rings. The van der Waals surface area contributed by atoms with Gasteiger partial charge in [0.2, 0.25) is 5.91 Å². The van der Waals surface area contributed by atoms with E-state index in [0.29, 0.717) is 5.69 Å². The van der Waals surface area contributed by atoms with Gasteiger partial charge in [0.05, 0.1) is 5.56 Å². The summed E-state index contributed by atoms with van der Waals surface area (Å²) in [6.07, 6.45) is 0. The summed E-state index contributed by atoms with van der Waals surface area (Å²) < 4.78 is 0. The SMILES string of the molecule is CC(CN)C(=O)Nc1cccc(C(=O)O)c1. The van der Waals surface area contributed by atoms with Crippen LogP contribution in [-0.2, 0) is 4.79 Å². The molecule has 0 aliphatic carbocycles. The predicted octanol–water partition coefficient (Wildman–Crippen LogP) is 0.918. The Balaban J connectivity index is 2.78. The van der Waals surface area contributed by atoms with Gasteiger partial charge in [0.1, 0.15) is 0 Å². The first kappa shape index (κ1) is 12.2. The van der Waals surface area contributed by atoms with Gasteiger partial charge in [-0.3, -0.25) is 4.79 Å². The van der Waals surface area contributed by atoms with Gasteiger partial charge in [-0.25, -0.2) is 4.79 Å². The van der Waals surface area contributed by atoms with Crippen LogP contribution in [0.5, 0.6) is 0 Å². The number of benzene rings is 1. The van der Waals surface area contributed by atoms with Crippen molar-refractivity contribution >= 4 is 17.6 Å². The summed E-state index contributed by atoms with van der Waals surface area (Å²) in [7, 11) is 0. The lowest BCUT2D eigenvalue weighted by molar-refractivity contribution is -0.119. The fourth-order valence-corrected chi connectivity index (χ4v) is 1.10. The zero-order valence-electron chi connectivity index (χ0n) is 8.93. The van der Waals surface area contributed by atoms with Gasteiger partial charge in [-0.15, -0.1) is 0 Å². The Bertz CT molecular complexity index is 404. The van der Waals surface area contributed by atoms with Crippen LogP contribution in [0, 0.1) is 5.92 Å². The van der Waals surface area contributed by atoms with Crippen LogP contribution >= 0.6 is 0 Å². The molecule has 0 fully saturated rings. The highest BCUT2D eigenvalue weighted by Gasteiger charge is 2.11. The molecule has 0 saturated carbocycles. The van der Waals surface area contributed by atoms with Crippen LogP contribution in [0.15, 0.2) is 24.3 Å². The number of carboxylic acids is 1. The van der Waals surface area contributed by atoms with Crippen LogP contribution in [-0.4, -0.2) is 23.5 Å². The van der Waals surface area contributed by atoms with E-state index in [9.17, 15) is 9.59 Å². The summed E-state index contributed by atoms with van der Waals surface area (Å²) >= 11 is 0. The minimum atomic E-state index is -1.03. The molecule has 86 valence electrons. The van der Waals surface area contributed by atoms with Gasteiger partial charge >= 0.3 is 5.97 Å². The maximum Gasteiger partial charge on any atom is 0.335 e. The van der Waals surface area contributed by atoms with Crippen LogP contribution in [0.25, 0.3) is 0 Å². The molecule has 0 radical (unpaired) electrons. The first-order chi connectivity index (χ1) is 7.54. The summed E-state index contributed by atoms with van der Waals surface area (Å²) in [6, 6.07) is 6.08. The zero-order valence-corrected chi connectivity index (χ0v) is 8.93. The molecule has 1 rings (SSSR count). The van der Waals surface area contributed by atoms with Crippen LogP contribution in [0.4, 0.5) is 5.69 Å². The largest absolute Gasteiger partial charge is 0.478 e. The van der Waals surface area contributed by atoms with Crippen molar-refractivity contribution in [2.45, 2.75) is 6.92 Å². The minimum absolute atomic E-state index is 0.137. The highest BCUT2D eigenvalue weighted by atomic mass is 16.4. The lowest BCUT2D eigenvalue weighted by Gasteiger charge is -2.10. The van der Waals surface area contributed by atoms with Crippen LogP contribution in [0.1, 0.15) is 17.3 Å². The lowest BCUT2D eigenvalue weighted by Crippen LogP contribution is -2.26. The second-order valence-electron chi connectivity index (χ2n) is 3.51. The van der Waals surface area contributed by atoms with Crippen molar-refractivity contribution in [3.63, 3.8) is 0 Å². The van der Waals surface area contributed by atoms with Gasteiger partial charge in [-0.1, -0.05) is 13.0 Å². The smallest absolute Gasteiger partial charge is 0.335 e. The van der Waals surface area contributed by atoms with Crippen LogP contribution < -0.4 is 11.1 Å². The standard InChI is InChI=1S/C11H14N2O3/c1-7(6-12)10(14)13-9-4-2-3-8(5-9)11(15)16/h2-5,7H,6,12H2,1H3,(H,13,14)(H,15,16). The molecule has 1 atom stereocenters. The molecule has 0 saturated heterocycles. The number of carboxylic acid groups (broad SMARTS) is 1. The van der Waals surface area contributed by atoms with Crippen LogP contribution in [0.2, 0.25) is 0 Å². The molecule has 1 aromatic carbocycles. The number of anilines is 1. The van der Waals surface area contributed by atoms with Crippen molar-refractivity contribution in [1.29, 1.82) is 0 Å². The van der Waals surface area contributed by atoms with Crippen molar-refractivity contribution in [1.82, 2.24) is 0 Å². The lowest BCUT2D eigenvalue weighted by atomic mass is 10.1. The monoisotopic (exact) mass is 222 g/mol. The average Bonchev–Trinajstić information content (AvgIpc) is 2.28. The molecule has 4 N–H and O–H groups in total. The molecular formula is C11H14N2O3. The summed E-state index contributed by atoms with van der Waals surface area (Å²) in [5.41, 5.74) is 5.95. The van der Waals surface area contributed by atoms with Gasteiger partial charge in [-0.2, -0.15) is 0 Å². The third-order valence-corrected chi connectivity index (χ3v) is 2.18. The summed E-state index contributed by atoms with van der Waals surface area (Å²) in [4.78, 5) is 22.2. The molecule has 0 bridgehead atoms. The summed E-state index contributed by atoms with van der Waals surface area (Å²) in [5.74, 6) is -1.54. The van der Waals surface area contributed by atoms with E-state index in [1.54, 1.807) is 19.1 Å². The van der Waals surface area contributed by atoms with E-state index in [-0.39, 0.29) is 23.9 Å². The molecule has 0 aliphatic heterocycles. The van der Waals surface area contributed by atoms with Crippen molar-refractivity contribution < 1.29 is 14.7 Å². The van der Waals surface area contributed by atoms with E-state index in [2.05, 4.69) is 5.32 Å². The summed E-state index contributed by atoms with van der Waals surface area (Å²) in [6.45, 7) is 1.96. The Labute approximate surface area is 93.3 Å². The molecule has 0 spiro atoms. The average molecular weight is 222 g/mol. The van der Waals surface area contributed by atoms with E-state index >= 15 is 0 Å². The Morgan fingerprint density at radius 2 is 2.19 bits per heavy atom. The second-order valence-corrected chi connectivity index (χ2v) is 3.51.